The molecule has 7 heteroatoms. The van der Waals surface area contributed by atoms with Gasteiger partial charge in [0.15, 0.2) is 23.0 Å². The third-order valence-electron chi connectivity index (χ3n) is 4.98. The first-order valence-corrected chi connectivity index (χ1v) is 9.65. The van der Waals surface area contributed by atoms with Crippen LogP contribution in [0.5, 0.6) is 23.0 Å². The number of hydrogen-bond donors (Lipinski definition) is 1. The highest BCUT2D eigenvalue weighted by molar-refractivity contribution is 5.74. The lowest BCUT2D eigenvalue weighted by Crippen LogP contribution is -2.42. The van der Waals surface area contributed by atoms with Crippen molar-refractivity contribution in [2.24, 2.45) is 0 Å². The standard InChI is InChI=1S/C22H28N2O5/c1-5-29-18-7-6-15(10-19(18)26-2)13-23-22(25)24-9-8-16-11-20(27-3)21(28-4)12-17(16)14-24/h6-7,10-12H,5,8-9,13-14H2,1-4H3,(H,23,25). The van der Waals surface area contributed by atoms with Gasteiger partial charge in [-0.25, -0.2) is 4.79 Å². The molecule has 1 aliphatic rings. The van der Waals surface area contributed by atoms with Gasteiger partial charge in [-0.2, -0.15) is 0 Å². The maximum atomic E-state index is 12.7. The topological polar surface area (TPSA) is 69.3 Å². The Morgan fingerprint density at radius 2 is 1.62 bits per heavy atom. The zero-order valence-corrected chi connectivity index (χ0v) is 17.4. The van der Waals surface area contributed by atoms with Crippen LogP contribution >= 0.6 is 0 Å². The van der Waals surface area contributed by atoms with E-state index in [9.17, 15) is 4.79 Å². The van der Waals surface area contributed by atoms with Gasteiger partial charge in [-0.3, -0.25) is 0 Å². The first kappa shape index (κ1) is 20.6. The van der Waals surface area contributed by atoms with Gasteiger partial charge in [0.2, 0.25) is 0 Å². The summed E-state index contributed by atoms with van der Waals surface area (Å²) in [4.78, 5) is 14.5. The molecule has 0 atom stereocenters. The van der Waals surface area contributed by atoms with E-state index >= 15 is 0 Å². The Hall–Kier alpha value is -3.09. The summed E-state index contributed by atoms with van der Waals surface area (Å²) in [5.74, 6) is 2.75. The van der Waals surface area contributed by atoms with Crippen LogP contribution in [0.1, 0.15) is 23.6 Å². The number of benzene rings is 2. The Morgan fingerprint density at radius 3 is 2.28 bits per heavy atom. The fourth-order valence-electron chi connectivity index (χ4n) is 3.44. The zero-order valence-electron chi connectivity index (χ0n) is 17.4. The van der Waals surface area contributed by atoms with Gasteiger partial charge in [-0.05, 0) is 54.3 Å². The van der Waals surface area contributed by atoms with Gasteiger partial charge in [0.1, 0.15) is 0 Å². The van der Waals surface area contributed by atoms with E-state index in [1.165, 1.54) is 5.56 Å². The van der Waals surface area contributed by atoms with Crippen molar-refractivity contribution < 1.29 is 23.7 Å². The van der Waals surface area contributed by atoms with E-state index in [-0.39, 0.29) is 6.03 Å². The number of carbonyl (C=O) groups excluding carboxylic acids is 1. The summed E-state index contributed by atoms with van der Waals surface area (Å²) in [5, 5.41) is 2.99. The van der Waals surface area contributed by atoms with Crippen LogP contribution in [0.3, 0.4) is 0 Å². The lowest BCUT2D eigenvalue weighted by atomic mass is 9.99. The molecule has 2 aromatic rings. The molecule has 156 valence electrons. The molecule has 3 rings (SSSR count). The average Bonchev–Trinajstić information content (AvgIpc) is 2.76. The largest absolute Gasteiger partial charge is 0.493 e. The Kier molecular flexibility index (Phi) is 6.69. The molecule has 0 aliphatic carbocycles. The predicted octanol–water partition coefficient (Wildman–Crippen LogP) is 3.38. The number of amides is 2. The number of carbonyl (C=O) groups is 1. The highest BCUT2D eigenvalue weighted by atomic mass is 16.5. The van der Waals surface area contributed by atoms with Crippen molar-refractivity contribution in [2.45, 2.75) is 26.4 Å². The van der Waals surface area contributed by atoms with Crippen LogP contribution in [0.2, 0.25) is 0 Å². The molecule has 0 spiro atoms. The summed E-state index contributed by atoms with van der Waals surface area (Å²) in [5.41, 5.74) is 3.21. The van der Waals surface area contributed by atoms with Crippen molar-refractivity contribution in [1.82, 2.24) is 10.2 Å². The molecule has 1 N–H and O–H groups in total. The van der Waals surface area contributed by atoms with E-state index in [0.29, 0.717) is 49.2 Å². The third-order valence-corrected chi connectivity index (χ3v) is 4.98. The molecule has 1 heterocycles. The molecule has 2 amide bonds. The molecule has 29 heavy (non-hydrogen) atoms. The summed E-state index contributed by atoms with van der Waals surface area (Å²) in [7, 11) is 4.85. The Morgan fingerprint density at radius 1 is 0.966 bits per heavy atom. The fraction of sp³-hybridized carbons (Fsp3) is 0.409. The van der Waals surface area contributed by atoms with E-state index in [1.807, 2.05) is 37.3 Å². The number of ether oxygens (including phenoxy) is 4. The normalized spacial score (nSPS) is 12.8. The molecule has 7 nitrogen and oxygen atoms in total. The zero-order chi connectivity index (χ0) is 20.8. The lowest BCUT2D eigenvalue weighted by Gasteiger charge is -2.29. The number of methoxy groups -OCH3 is 3. The van der Waals surface area contributed by atoms with Crippen LogP contribution in [-0.4, -0.2) is 45.4 Å². The van der Waals surface area contributed by atoms with Crippen LogP contribution < -0.4 is 24.3 Å². The van der Waals surface area contributed by atoms with E-state index in [2.05, 4.69) is 5.32 Å². The minimum atomic E-state index is -0.0988. The highest BCUT2D eigenvalue weighted by Gasteiger charge is 2.22. The van der Waals surface area contributed by atoms with Gasteiger partial charge >= 0.3 is 6.03 Å². The van der Waals surface area contributed by atoms with E-state index in [1.54, 1.807) is 26.2 Å². The van der Waals surface area contributed by atoms with Gasteiger partial charge in [-0.1, -0.05) is 6.07 Å². The minimum absolute atomic E-state index is 0.0988. The van der Waals surface area contributed by atoms with Gasteiger partial charge in [-0.15, -0.1) is 0 Å². The Bertz CT molecular complexity index is 869. The molecule has 0 saturated carbocycles. The van der Waals surface area contributed by atoms with Gasteiger partial charge in [0.05, 0.1) is 27.9 Å². The number of fused-ring (bicyclic) bond motifs is 1. The second-order valence-electron chi connectivity index (χ2n) is 6.72. The lowest BCUT2D eigenvalue weighted by molar-refractivity contribution is 0.191. The van der Waals surface area contributed by atoms with Crippen molar-refractivity contribution in [3.05, 3.63) is 47.0 Å². The molecule has 2 aromatic carbocycles. The second kappa shape index (κ2) is 9.41. The van der Waals surface area contributed by atoms with Crippen molar-refractivity contribution in [1.29, 1.82) is 0 Å². The van der Waals surface area contributed by atoms with Crippen molar-refractivity contribution in [3.63, 3.8) is 0 Å². The van der Waals surface area contributed by atoms with Crippen LogP contribution in [0.4, 0.5) is 4.79 Å². The number of rotatable bonds is 7. The van der Waals surface area contributed by atoms with Crippen LogP contribution in [0, 0.1) is 0 Å². The number of hydrogen-bond acceptors (Lipinski definition) is 5. The van der Waals surface area contributed by atoms with Crippen molar-refractivity contribution in [3.8, 4) is 23.0 Å². The summed E-state index contributed by atoms with van der Waals surface area (Å²) in [6.45, 7) is 4.10. The minimum Gasteiger partial charge on any atom is -0.493 e. The molecule has 0 saturated heterocycles. The quantitative estimate of drug-likeness (QED) is 0.772. The molecule has 0 radical (unpaired) electrons. The van der Waals surface area contributed by atoms with Gasteiger partial charge < -0.3 is 29.2 Å². The number of nitrogens with zero attached hydrogens (tertiary/aromatic N) is 1. The van der Waals surface area contributed by atoms with Crippen molar-refractivity contribution >= 4 is 6.03 Å². The highest BCUT2D eigenvalue weighted by Crippen LogP contribution is 2.33. The monoisotopic (exact) mass is 400 g/mol. The Balaban J connectivity index is 1.64. The second-order valence-corrected chi connectivity index (χ2v) is 6.72. The first-order chi connectivity index (χ1) is 14.1. The van der Waals surface area contributed by atoms with E-state index < -0.39 is 0 Å². The maximum absolute atomic E-state index is 12.7. The first-order valence-electron chi connectivity index (χ1n) is 9.65. The number of nitrogens with one attached hydrogen (secondary N) is 1. The predicted molar refractivity (Wildman–Crippen MR) is 110 cm³/mol. The molecular weight excluding hydrogens is 372 g/mol. The average molecular weight is 400 g/mol. The summed E-state index contributed by atoms with van der Waals surface area (Å²) in [6.07, 6.45) is 0.778. The molecule has 0 bridgehead atoms. The third kappa shape index (κ3) is 4.67. The van der Waals surface area contributed by atoms with Gasteiger partial charge in [0.25, 0.3) is 0 Å². The molecule has 0 fully saturated rings. The van der Waals surface area contributed by atoms with E-state index in [4.69, 9.17) is 18.9 Å². The summed E-state index contributed by atoms with van der Waals surface area (Å²) >= 11 is 0. The molecule has 0 aromatic heterocycles. The molecule has 1 aliphatic heterocycles. The van der Waals surface area contributed by atoms with Crippen LogP contribution in [-0.2, 0) is 19.5 Å². The fourth-order valence-corrected chi connectivity index (χ4v) is 3.44. The smallest absolute Gasteiger partial charge is 0.317 e. The van der Waals surface area contributed by atoms with Crippen LogP contribution in [0.25, 0.3) is 0 Å². The maximum Gasteiger partial charge on any atom is 0.317 e. The SMILES string of the molecule is CCOc1ccc(CNC(=O)N2CCc3cc(OC)c(OC)cc3C2)cc1OC. The summed E-state index contributed by atoms with van der Waals surface area (Å²) in [6, 6.07) is 9.52. The molecular formula is C22H28N2O5. The van der Waals surface area contributed by atoms with Gasteiger partial charge in [0, 0.05) is 19.6 Å². The number of urea groups is 1. The van der Waals surface area contributed by atoms with Crippen molar-refractivity contribution in [2.75, 3.05) is 34.5 Å². The van der Waals surface area contributed by atoms with E-state index in [0.717, 1.165) is 17.5 Å². The molecule has 0 unspecified atom stereocenters. The van der Waals surface area contributed by atoms with Crippen LogP contribution in [0.15, 0.2) is 30.3 Å². The Labute approximate surface area is 171 Å². The summed E-state index contributed by atoms with van der Waals surface area (Å²) < 4.78 is 21.7.